The maximum Gasteiger partial charge on any atom is 0.303 e. The fourth-order valence-electron chi connectivity index (χ4n) is 13.7. The molecule has 0 heterocycles. The Morgan fingerprint density at radius 1 is 0.243 bits per heavy atom. The molecule has 14 N–H and O–H groups in total. The van der Waals surface area contributed by atoms with Gasteiger partial charge in [-0.3, -0.25) is 82.0 Å². The van der Waals surface area contributed by atoms with Crippen molar-refractivity contribution in [2.75, 3.05) is 45.8 Å². The summed E-state index contributed by atoms with van der Waals surface area (Å²) >= 11 is 0. The van der Waals surface area contributed by atoms with Gasteiger partial charge in [0.1, 0.15) is 17.3 Å². The first-order chi connectivity index (χ1) is 54.5. The fraction of sp³-hybridized carbons (Fsp3) is 0.790. The zero-order valence-electron chi connectivity index (χ0n) is 69.4. The predicted octanol–water partition coefficient (Wildman–Crippen LogP) is 8.25. The second kappa shape index (κ2) is 63.2. The van der Waals surface area contributed by atoms with Crippen LogP contribution in [0.2, 0.25) is 0 Å². The minimum atomic E-state index is -2.45. The molecule has 0 aromatic carbocycles. The lowest BCUT2D eigenvalue weighted by Crippen LogP contribution is -2.52. The summed E-state index contributed by atoms with van der Waals surface area (Å²) in [5.41, 5.74) is -7.40. The van der Waals surface area contributed by atoms with Crippen molar-refractivity contribution in [1.82, 2.24) is 53.2 Å². The largest absolute Gasteiger partial charge is 0.481 e. The third-order valence-corrected chi connectivity index (χ3v) is 20.7. The molecule has 0 saturated heterocycles. The molecule has 115 heavy (non-hydrogen) atoms. The second-order valence-electron chi connectivity index (χ2n) is 31.0. The van der Waals surface area contributed by atoms with Crippen molar-refractivity contribution < 1.29 is 107 Å². The number of Topliss-reactive ketones (excluding diaryl/α,β-unsaturated/α-hetero) is 3. The summed E-state index contributed by atoms with van der Waals surface area (Å²) in [5.74, 6) is -10.7. The van der Waals surface area contributed by atoms with Crippen molar-refractivity contribution in [1.29, 1.82) is 0 Å². The van der Waals surface area contributed by atoms with E-state index in [1.54, 1.807) is 0 Å². The van der Waals surface area contributed by atoms with E-state index in [2.05, 4.69) is 53.2 Å². The smallest absolute Gasteiger partial charge is 0.303 e. The lowest BCUT2D eigenvalue weighted by molar-refractivity contribution is -0.573. The van der Waals surface area contributed by atoms with Crippen LogP contribution in [-0.4, -0.2) is 194 Å². The van der Waals surface area contributed by atoms with Gasteiger partial charge in [0.05, 0.1) is 0 Å². The van der Waals surface area contributed by atoms with Gasteiger partial charge in [-0.1, -0.05) is 70.6 Å². The molecule has 3 unspecified atom stereocenters. The van der Waals surface area contributed by atoms with Crippen LogP contribution in [0.5, 0.6) is 0 Å². The van der Waals surface area contributed by atoms with Crippen LogP contribution in [0, 0.1) is 10.1 Å². The predicted molar refractivity (Wildman–Crippen MR) is 429 cm³/mol. The minimum absolute atomic E-state index is 0.00916. The number of amides is 10. The van der Waals surface area contributed by atoms with E-state index in [0.29, 0.717) is 110 Å². The number of carboxylic acid groups (broad SMARTS) is 4. The van der Waals surface area contributed by atoms with Gasteiger partial charge in [-0.2, -0.15) is 0 Å². The number of carboxylic acids is 4. The summed E-state index contributed by atoms with van der Waals surface area (Å²) in [6.07, 6.45) is 4.26. The number of unbranched alkanes of at least 4 members (excludes halogenated alkanes) is 16. The maximum atomic E-state index is 14.9. The van der Waals surface area contributed by atoms with E-state index in [-0.39, 0.29) is 145 Å². The van der Waals surface area contributed by atoms with Crippen LogP contribution in [0.15, 0.2) is 0 Å². The lowest BCUT2D eigenvalue weighted by atomic mass is 9.80. The molecule has 10 amide bonds. The van der Waals surface area contributed by atoms with Crippen molar-refractivity contribution in [2.45, 2.75) is 365 Å². The van der Waals surface area contributed by atoms with E-state index in [4.69, 9.17) is 0 Å². The Labute approximate surface area is 678 Å². The van der Waals surface area contributed by atoms with Crippen LogP contribution in [0.25, 0.3) is 0 Å². The van der Waals surface area contributed by atoms with E-state index in [0.717, 1.165) is 57.8 Å². The molecule has 0 aliphatic heterocycles. The Bertz CT molecular complexity index is 2990. The van der Waals surface area contributed by atoms with Crippen molar-refractivity contribution in [3.8, 4) is 0 Å². The first-order valence-electron chi connectivity index (χ1n) is 41.7. The van der Waals surface area contributed by atoms with E-state index < -0.39 is 169 Å². The summed E-state index contributed by atoms with van der Waals surface area (Å²) in [6.45, 7) is 9.63. The Hall–Kier alpha value is -9.01. The van der Waals surface area contributed by atoms with Gasteiger partial charge in [0.2, 0.25) is 64.6 Å². The molecule has 0 spiro atoms. The molecule has 0 fully saturated rings. The monoisotopic (exact) mass is 1630 g/mol. The van der Waals surface area contributed by atoms with Gasteiger partial charge in [-0.05, 0) is 136 Å². The van der Waals surface area contributed by atoms with Gasteiger partial charge >= 0.3 is 23.9 Å². The van der Waals surface area contributed by atoms with E-state index in [1.807, 2.05) is 0 Å². The van der Waals surface area contributed by atoms with Crippen molar-refractivity contribution in [3.05, 3.63) is 10.1 Å². The average molecular weight is 1640 g/mol. The molecular weight excluding hydrogens is 1490 g/mol. The molecule has 656 valence electrons. The van der Waals surface area contributed by atoms with Crippen LogP contribution in [-0.2, 0) is 81.5 Å². The highest BCUT2D eigenvalue weighted by Crippen LogP contribution is 2.34. The number of nitrogens with one attached hydrogen (secondary N) is 10. The van der Waals surface area contributed by atoms with Crippen LogP contribution in [0.1, 0.15) is 343 Å². The quantitative estimate of drug-likeness (QED) is 0.0155. The number of hydrogen-bond acceptors (Lipinski definition) is 19. The molecule has 0 aliphatic carbocycles. The number of ketones is 3. The molecule has 34 nitrogen and oxygen atoms in total. The SMILES string of the molecule is CC(=O)CCCCCCCNC(=O)CCC(CCC(=O)O)(CCC(=O)NCCCCCC(C)=O)NC(=O)CCC(CCC(=O)NC(CCC(=O)O)(CCC(=O)O)CCC(=O)NCCCCCCNC(C)=O)(CCC(=O)NC(CCC(=O)O)(CCC(=O)CCCCCCCNC(C)=O)CCC(=O)NCCCCCCNC(C)=O)[N+](=O)[O-]. The third-order valence-electron chi connectivity index (χ3n) is 20.7. The van der Waals surface area contributed by atoms with Gasteiger partial charge in [0.25, 0.3) is 0 Å². The molecule has 0 aromatic heterocycles. The summed E-state index contributed by atoms with van der Waals surface area (Å²) in [4.78, 5) is 232. The van der Waals surface area contributed by atoms with Crippen molar-refractivity contribution in [2.24, 2.45) is 0 Å². The molecule has 34 heteroatoms. The summed E-state index contributed by atoms with van der Waals surface area (Å²) < 4.78 is 0. The molecule has 3 atom stereocenters. The summed E-state index contributed by atoms with van der Waals surface area (Å²) in [7, 11) is 0. The van der Waals surface area contributed by atoms with Gasteiger partial charge in [-0.15, -0.1) is 0 Å². The summed E-state index contributed by atoms with van der Waals surface area (Å²) in [6, 6.07) is 0. The van der Waals surface area contributed by atoms with Gasteiger partial charge < -0.3 is 83.2 Å². The van der Waals surface area contributed by atoms with Gasteiger partial charge in [-0.25, -0.2) is 0 Å². The first kappa shape index (κ1) is 106. The standard InChI is InChI=1S/C81H139N11O23/c1-61(93)27-17-8-6-11-23-57-85-68(100)32-44-79(48-39-75(108)109,45-33-69(101)88-60-26-16-18-28-62(2)94)90-72(104)36-52-81(92(114)115,53-37-73(105)91-80(49-40-76(110)111,50-41-77(112)113)46-34-70(102)87-59-25-15-13-22-56-84-65(5)97)51-35-71(103)89-78(47-38-74(106)107,42-30-66(98)29-19-9-7-10-20-54-82-63(3)95)43-31-67(99)86-58-24-14-12-21-55-83-64(4)96/h6-60H2,1-5H3,(H,82,95)(H,83,96)(H,84,97)(H,85,100)(H,86,99)(H,87,102)(H,88,101)(H,89,103)(H,90,104)(H,91,105)(H,106,107)(H,108,109)(H,110,111)(H,112,113). The fourth-order valence-corrected chi connectivity index (χ4v) is 13.7. The van der Waals surface area contributed by atoms with Crippen LogP contribution in [0.4, 0.5) is 0 Å². The molecule has 0 aromatic rings. The number of hydrogen-bond donors (Lipinski definition) is 14. The van der Waals surface area contributed by atoms with Crippen LogP contribution in [0.3, 0.4) is 0 Å². The lowest BCUT2D eigenvalue weighted by Gasteiger charge is -2.36. The summed E-state index contributed by atoms with van der Waals surface area (Å²) in [5, 5.41) is 82.2. The number of aliphatic carboxylic acids is 4. The normalized spacial score (nSPS) is 12.7. The highest BCUT2D eigenvalue weighted by Gasteiger charge is 2.46. The Morgan fingerprint density at radius 2 is 0.443 bits per heavy atom. The highest BCUT2D eigenvalue weighted by molar-refractivity contribution is 5.83. The van der Waals surface area contributed by atoms with Gasteiger partial charge in [0.15, 0.2) is 0 Å². The topological polar surface area (TPSA) is 535 Å². The highest BCUT2D eigenvalue weighted by atomic mass is 16.6. The number of carbonyl (C=O) groups excluding carboxylic acids is 13. The Kier molecular flexibility index (Phi) is 58.3. The molecular formula is C81H139N11O23. The Balaban J connectivity index is 7.97. The second-order valence-corrected chi connectivity index (χ2v) is 31.0. The van der Waals surface area contributed by atoms with Crippen molar-refractivity contribution in [3.63, 3.8) is 0 Å². The molecule has 0 aliphatic rings. The van der Waals surface area contributed by atoms with Gasteiger partial charge in [0, 0.05) is 204 Å². The molecule has 0 saturated carbocycles. The third kappa shape index (κ3) is 59.3. The maximum absolute atomic E-state index is 14.9. The molecule has 0 rings (SSSR count). The molecule has 0 bridgehead atoms. The average Bonchev–Trinajstić information content (AvgIpc) is 0.831. The minimum Gasteiger partial charge on any atom is -0.481 e. The first-order valence-corrected chi connectivity index (χ1v) is 41.7. The Morgan fingerprint density at radius 3 is 0.678 bits per heavy atom. The van der Waals surface area contributed by atoms with Crippen LogP contribution < -0.4 is 53.2 Å². The van der Waals surface area contributed by atoms with Crippen molar-refractivity contribution >= 4 is 100 Å². The van der Waals surface area contributed by atoms with E-state index >= 15 is 0 Å². The van der Waals surface area contributed by atoms with Crippen LogP contribution >= 0.6 is 0 Å². The number of nitrogens with zero attached hydrogens (tertiary/aromatic N) is 1. The molecule has 0 radical (unpaired) electrons. The number of rotatable bonds is 76. The van der Waals surface area contributed by atoms with E-state index in [1.165, 1.54) is 34.6 Å². The zero-order valence-corrected chi connectivity index (χ0v) is 69.4. The zero-order chi connectivity index (χ0) is 86.4. The number of nitro groups is 1. The number of carbonyl (C=O) groups is 17. The van der Waals surface area contributed by atoms with E-state index in [9.17, 15) is 112 Å².